The van der Waals surface area contributed by atoms with E-state index < -0.39 is 0 Å². The third kappa shape index (κ3) is 3.05. The second-order valence-electron chi connectivity index (χ2n) is 6.01. The fraction of sp³-hybridized carbons (Fsp3) is 0. The van der Waals surface area contributed by atoms with E-state index in [1.807, 2.05) is 78.9 Å². The normalized spacial score (nSPS) is 10.6. The first-order valence-corrected chi connectivity index (χ1v) is 8.36. The maximum Gasteiger partial charge on any atom is 0.131 e. The minimum Gasteiger partial charge on any atom is -0.507 e. The van der Waals surface area contributed by atoms with Gasteiger partial charge in [-0.15, -0.1) is 0 Å². The molecular formula is C24H18O. The van der Waals surface area contributed by atoms with Crippen LogP contribution in [0.2, 0.25) is 0 Å². The van der Waals surface area contributed by atoms with Crippen LogP contribution in [-0.4, -0.2) is 5.11 Å². The fourth-order valence-corrected chi connectivity index (χ4v) is 3.12. The van der Waals surface area contributed by atoms with Crippen LogP contribution >= 0.6 is 0 Å². The molecule has 0 spiro atoms. The van der Waals surface area contributed by atoms with Gasteiger partial charge in [0, 0.05) is 11.1 Å². The molecule has 0 unspecified atom stereocenters. The molecule has 4 aromatic rings. The molecule has 1 heteroatoms. The minimum atomic E-state index is 0.318. The van der Waals surface area contributed by atoms with Crippen molar-refractivity contribution in [1.82, 2.24) is 0 Å². The Morgan fingerprint density at radius 1 is 0.400 bits per heavy atom. The molecule has 0 radical (unpaired) electrons. The molecule has 0 aliphatic rings. The molecule has 0 atom stereocenters. The summed E-state index contributed by atoms with van der Waals surface area (Å²) >= 11 is 0. The molecule has 1 N–H and O–H groups in total. The maximum absolute atomic E-state index is 10.9. The zero-order chi connectivity index (χ0) is 17.1. The zero-order valence-corrected chi connectivity index (χ0v) is 13.8. The van der Waals surface area contributed by atoms with Gasteiger partial charge in [-0.1, -0.05) is 97.1 Å². The van der Waals surface area contributed by atoms with Crippen LogP contribution in [0, 0.1) is 0 Å². The second kappa shape index (κ2) is 6.66. The molecule has 25 heavy (non-hydrogen) atoms. The van der Waals surface area contributed by atoms with E-state index in [1.54, 1.807) is 0 Å². The summed E-state index contributed by atoms with van der Waals surface area (Å²) < 4.78 is 0. The summed E-state index contributed by atoms with van der Waals surface area (Å²) in [6.45, 7) is 0. The van der Waals surface area contributed by atoms with Crippen molar-refractivity contribution >= 4 is 0 Å². The Morgan fingerprint density at radius 2 is 0.880 bits per heavy atom. The summed E-state index contributed by atoms with van der Waals surface area (Å²) in [5, 5.41) is 10.9. The molecular weight excluding hydrogens is 304 g/mol. The Labute approximate surface area is 147 Å². The van der Waals surface area contributed by atoms with Gasteiger partial charge in [0.05, 0.1) is 0 Å². The molecule has 0 heterocycles. The summed E-state index contributed by atoms with van der Waals surface area (Å²) in [6, 6.07) is 34.5. The molecule has 0 aliphatic carbocycles. The van der Waals surface area contributed by atoms with Crippen molar-refractivity contribution in [3.05, 3.63) is 103 Å². The van der Waals surface area contributed by atoms with Gasteiger partial charge in [0.25, 0.3) is 0 Å². The third-order valence-corrected chi connectivity index (χ3v) is 4.40. The molecule has 0 amide bonds. The average Bonchev–Trinajstić information content (AvgIpc) is 2.70. The molecule has 0 saturated heterocycles. The first-order valence-electron chi connectivity index (χ1n) is 8.36. The highest BCUT2D eigenvalue weighted by atomic mass is 16.3. The van der Waals surface area contributed by atoms with Gasteiger partial charge in [0.2, 0.25) is 0 Å². The SMILES string of the molecule is Oc1c(-c2ccccc2)cccc1-c1cccc(-c2ccccc2)c1. The lowest BCUT2D eigenvalue weighted by atomic mass is 9.95. The number of phenolic OH excluding ortho intramolecular Hbond substituents is 1. The molecule has 0 aromatic heterocycles. The smallest absolute Gasteiger partial charge is 0.131 e. The molecule has 1 nitrogen and oxygen atoms in total. The van der Waals surface area contributed by atoms with E-state index in [1.165, 1.54) is 5.56 Å². The maximum atomic E-state index is 10.9. The highest BCUT2D eigenvalue weighted by Gasteiger charge is 2.11. The number of hydrogen-bond donors (Lipinski definition) is 1. The monoisotopic (exact) mass is 322 g/mol. The van der Waals surface area contributed by atoms with Crippen molar-refractivity contribution in [3.63, 3.8) is 0 Å². The lowest BCUT2D eigenvalue weighted by Crippen LogP contribution is -1.85. The highest BCUT2D eigenvalue weighted by Crippen LogP contribution is 2.38. The van der Waals surface area contributed by atoms with Crippen LogP contribution in [0.3, 0.4) is 0 Å². The Kier molecular flexibility index (Phi) is 4.05. The Bertz CT molecular complexity index is 989. The number of aromatic hydroxyl groups is 1. The first-order chi connectivity index (χ1) is 12.3. The number of benzene rings is 4. The predicted octanol–water partition coefficient (Wildman–Crippen LogP) is 6.39. The van der Waals surface area contributed by atoms with Gasteiger partial charge in [0.1, 0.15) is 5.75 Å². The van der Waals surface area contributed by atoms with Crippen molar-refractivity contribution in [2.75, 3.05) is 0 Å². The molecule has 0 fully saturated rings. The Balaban J connectivity index is 1.81. The zero-order valence-electron chi connectivity index (χ0n) is 13.8. The van der Waals surface area contributed by atoms with E-state index >= 15 is 0 Å². The lowest BCUT2D eigenvalue weighted by Gasteiger charge is -2.11. The molecule has 120 valence electrons. The number of rotatable bonds is 3. The van der Waals surface area contributed by atoms with Crippen molar-refractivity contribution < 1.29 is 5.11 Å². The summed E-state index contributed by atoms with van der Waals surface area (Å²) in [6.07, 6.45) is 0. The van der Waals surface area contributed by atoms with Crippen LogP contribution in [0.25, 0.3) is 33.4 Å². The topological polar surface area (TPSA) is 20.2 Å². The van der Waals surface area contributed by atoms with Gasteiger partial charge in [-0.05, 0) is 28.3 Å². The Morgan fingerprint density at radius 3 is 1.56 bits per heavy atom. The van der Waals surface area contributed by atoms with Crippen molar-refractivity contribution in [3.8, 4) is 39.1 Å². The van der Waals surface area contributed by atoms with Crippen molar-refractivity contribution in [2.45, 2.75) is 0 Å². The van der Waals surface area contributed by atoms with Gasteiger partial charge in [0.15, 0.2) is 0 Å². The third-order valence-electron chi connectivity index (χ3n) is 4.40. The number of hydrogen-bond acceptors (Lipinski definition) is 1. The van der Waals surface area contributed by atoms with E-state index in [2.05, 4.69) is 24.3 Å². The average molecular weight is 322 g/mol. The molecule has 0 saturated carbocycles. The minimum absolute atomic E-state index is 0.318. The quantitative estimate of drug-likeness (QED) is 0.463. The van der Waals surface area contributed by atoms with E-state index in [4.69, 9.17) is 0 Å². The first kappa shape index (κ1) is 15.2. The summed E-state index contributed by atoms with van der Waals surface area (Å²) in [4.78, 5) is 0. The summed E-state index contributed by atoms with van der Waals surface area (Å²) in [7, 11) is 0. The van der Waals surface area contributed by atoms with Crippen LogP contribution in [0.4, 0.5) is 0 Å². The van der Waals surface area contributed by atoms with E-state index in [9.17, 15) is 5.11 Å². The number of phenols is 1. The largest absolute Gasteiger partial charge is 0.507 e. The van der Waals surface area contributed by atoms with Gasteiger partial charge in [-0.2, -0.15) is 0 Å². The lowest BCUT2D eigenvalue weighted by molar-refractivity contribution is 0.479. The predicted molar refractivity (Wildman–Crippen MR) is 104 cm³/mol. The van der Waals surface area contributed by atoms with Gasteiger partial charge >= 0.3 is 0 Å². The Hall–Kier alpha value is -3.32. The molecule has 4 rings (SSSR count). The summed E-state index contributed by atoms with van der Waals surface area (Å²) in [5.41, 5.74) is 6.03. The van der Waals surface area contributed by atoms with E-state index in [-0.39, 0.29) is 0 Å². The second-order valence-corrected chi connectivity index (χ2v) is 6.01. The van der Waals surface area contributed by atoms with Gasteiger partial charge < -0.3 is 5.11 Å². The standard InChI is InChI=1S/C24H18O/c25-24-22(19-11-5-2-6-12-19)15-8-16-23(24)21-14-7-13-20(17-21)18-9-3-1-4-10-18/h1-17,25H. The van der Waals surface area contributed by atoms with E-state index in [0.717, 1.165) is 27.8 Å². The van der Waals surface area contributed by atoms with Crippen LogP contribution in [-0.2, 0) is 0 Å². The number of para-hydroxylation sites is 1. The molecule has 0 aliphatic heterocycles. The summed E-state index contributed by atoms with van der Waals surface area (Å²) in [5.74, 6) is 0.318. The van der Waals surface area contributed by atoms with E-state index in [0.29, 0.717) is 5.75 Å². The molecule has 0 bridgehead atoms. The fourth-order valence-electron chi connectivity index (χ4n) is 3.12. The molecule has 4 aromatic carbocycles. The van der Waals surface area contributed by atoms with Crippen molar-refractivity contribution in [2.24, 2.45) is 0 Å². The highest BCUT2D eigenvalue weighted by molar-refractivity contribution is 5.83. The van der Waals surface area contributed by atoms with Gasteiger partial charge in [-0.25, -0.2) is 0 Å². The van der Waals surface area contributed by atoms with Crippen LogP contribution in [0.1, 0.15) is 0 Å². The van der Waals surface area contributed by atoms with Gasteiger partial charge in [-0.3, -0.25) is 0 Å². The van der Waals surface area contributed by atoms with Crippen LogP contribution in [0.5, 0.6) is 5.75 Å². The van der Waals surface area contributed by atoms with Crippen molar-refractivity contribution in [1.29, 1.82) is 0 Å². The van der Waals surface area contributed by atoms with Crippen LogP contribution < -0.4 is 0 Å². The van der Waals surface area contributed by atoms with Crippen LogP contribution in [0.15, 0.2) is 103 Å².